The lowest BCUT2D eigenvalue weighted by Gasteiger charge is -2.14. The molecule has 0 radical (unpaired) electrons. The number of thioether (sulfide) groups is 1. The van der Waals surface area contributed by atoms with Gasteiger partial charge < -0.3 is 10.1 Å². The van der Waals surface area contributed by atoms with E-state index in [1.54, 1.807) is 18.9 Å². The lowest BCUT2D eigenvalue weighted by atomic mass is 10.2. The molecule has 0 saturated carbocycles. The number of amidine groups is 1. The molecule has 3 nitrogen and oxygen atoms in total. The van der Waals surface area contributed by atoms with Gasteiger partial charge in [0.15, 0.2) is 0 Å². The van der Waals surface area contributed by atoms with E-state index in [0.29, 0.717) is 0 Å². The van der Waals surface area contributed by atoms with Gasteiger partial charge in [-0.2, -0.15) is 0 Å². The Hall–Kier alpha value is -1.94. The van der Waals surface area contributed by atoms with E-state index in [1.165, 1.54) is 10.5 Å². The van der Waals surface area contributed by atoms with Crippen LogP contribution in [0.25, 0.3) is 0 Å². The molecule has 1 rings (SSSR count). The summed E-state index contributed by atoms with van der Waals surface area (Å²) in [5, 5.41) is 3.41. The van der Waals surface area contributed by atoms with Crippen LogP contribution in [0.3, 0.4) is 0 Å². The number of unbranched alkanes of at least 4 members (excludes halogenated alkanes) is 1. The van der Waals surface area contributed by atoms with E-state index < -0.39 is 0 Å². The maximum absolute atomic E-state index is 5.27. The minimum atomic E-state index is 0.857. The van der Waals surface area contributed by atoms with Gasteiger partial charge in [0, 0.05) is 10.6 Å². The van der Waals surface area contributed by atoms with Gasteiger partial charge >= 0.3 is 0 Å². The number of methoxy groups -OCH3 is 1. The Morgan fingerprint density at radius 1 is 1.27 bits per heavy atom. The van der Waals surface area contributed by atoms with E-state index in [-0.39, 0.29) is 0 Å². The summed E-state index contributed by atoms with van der Waals surface area (Å²) in [6, 6.07) is 5.99. The Kier molecular flexibility index (Phi) is 9.28. The fourth-order valence-corrected chi connectivity index (χ4v) is 3.15. The van der Waals surface area contributed by atoms with Gasteiger partial charge in [0.05, 0.1) is 12.8 Å². The fraction of sp³-hybridized carbons (Fsp3) is 0.409. The Bertz CT molecular complexity index is 726. The molecule has 0 aliphatic rings. The van der Waals surface area contributed by atoms with Crippen LogP contribution >= 0.6 is 11.8 Å². The lowest BCUT2D eigenvalue weighted by molar-refractivity contribution is 0.414. The number of allylic oxidation sites excluding steroid dienone is 3. The molecule has 1 aromatic rings. The summed E-state index contributed by atoms with van der Waals surface area (Å²) in [4.78, 5) is 7.13. The second kappa shape index (κ2) is 10.9. The van der Waals surface area contributed by atoms with Gasteiger partial charge in [-0.1, -0.05) is 43.3 Å². The molecule has 0 aliphatic heterocycles. The number of hydrogen-bond donors (Lipinski definition) is 1. The van der Waals surface area contributed by atoms with Crippen molar-refractivity contribution in [2.75, 3.05) is 12.4 Å². The zero-order valence-electron chi connectivity index (χ0n) is 17.2. The first kappa shape index (κ1) is 22.1. The maximum Gasteiger partial charge on any atom is 0.119 e. The number of aryl methyl sites for hydroxylation is 1. The van der Waals surface area contributed by atoms with E-state index in [2.05, 4.69) is 45.7 Å². The molecule has 4 heteroatoms. The summed E-state index contributed by atoms with van der Waals surface area (Å²) in [7, 11) is 1.68. The van der Waals surface area contributed by atoms with Crippen LogP contribution in [0.2, 0.25) is 0 Å². The number of anilines is 1. The number of ether oxygens (including phenoxy) is 1. The quantitative estimate of drug-likeness (QED) is 0.301. The van der Waals surface area contributed by atoms with Gasteiger partial charge in [-0.3, -0.25) is 0 Å². The van der Waals surface area contributed by atoms with E-state index in [0.717, 1.165) is 46.3 Å². The van der Waals surface area contributed by atoms with Crippen LogP contribution in [0.1, 0.15) is 53.0 Å². The number of benzene rings is 1. The predicted octanol–water partition coefficient (Wildman–Crippen LogP) is 7.08. The fourth-order valence-electron chi connectivity index (χ4n) is 2.36. The van der Waals surface area contributed by atoms with Crippen molar-refractivity contribution in [1.29, 1.82) is 0 Å². The number of nitrogens with one attached hydrogen (secondary N) is 1. The summed E-state index contributed by atoms with van der Waals surface area (Å²) >= 11 is 1.69. The molecule has 0 aromatic heterocycles. The third-order valence-electron chi connectivity index (χ3n) is 3.63. The molecule has 0 aliphatic carbocycles. The number of hydrogen-bond acceptors (Lipinski definition) is 3. The van der Waals surface area contributed by atoms with Crippen LogP contribution < -0.4 is 10.1 Å². The first-order valence-corrected chi connectivity index (χ1v) is 9.78. The summed E-state index contributed by atoms with van der Waals surface area (Å²) in [5.41, 5.74) is 4.42. The molecule has 0 atom stereocenters. The largest absolute Gasteiger partial charge is 0.497 e. The summed E-state index contributed by atoms with van der Waals surface area (Å²) in [6.07, 6.45) is 4.31. The summed E-state index contributed by atoms with van der Waals surface area (Å²) in [5.74, 6) is 1.72. The molecule has 0 spiro atoms. The van der Waals surface area contributed by atoms with Crippen LogP contribution in [0, 0.1) is 6.92 Å². The van der Waals surface area contributed by atoms with Crippen molar-refractivity contribution in [3.05, 3.63) is 57.5 Å². The third-order valence-corrected chi connectivity index (χ3v) is 4.80. The average Bonchev–Trinajstić information content (AvgIpc) is 2.58. The highest BCUT2D eigenvalue weighted by molar-refractivity contribution is 8.06. The van der Waals surface area contributed by atoms with Crippen molar-refractivity contribution in [1.82, 2.24) is 0 Å². The molecule has 26 heavy (non-hydrogen) atoms. The van der Waals surface area contributed by atoms with Gasteiger partial charge in [-0.25, -0.2) is 4.99 Å². The number of aliphatic imine (C=N–C) groups is 1. The van der Waals surface area contributed by atoms with Gasteiger partial charge in [-0.15, -0.1) is 0 Å². The highest BCUT2D eigenvalue weighted by Gasteiger charge is 2.09. The predicted molar refractivity (Wildman–Crippen MR) is 118 cm³/mol. The van der Waals surface area contributed by atoms with E-state index in [4.69, 9.17) is 9.73 Å². The van der Waals surface area contributed by atoms with E-state index >= 15 is 0 Å². The second-order valence-electron chi connectivity index (χ2n) is 6.51. The molecule has 0 bridgehead atoms. The number of rotatable bonds is 8. The van der Waals surface area contributed by atoms with Crippen molar-refractivity contribution < 1.29 is 4.74 Å². The summed E-state index contributed by atoms with van der Waals surface area (Å²) < 4.78 is 5.27. The van der Waals surface area contributed by atoms with Gasteiger partial charge in [-0.05, 0) is 69.7 Å². The minimum Gasteiger partial charge on any atom is -0.497 e. The molecule has 0 unspecified atom stereocenters. The third kappa shape index (κ3) is 7.12. The maximum atomic E-state index is 5.27. The van der Waals surface area contributed by atoms with Crippen molar-refractivity contribution in [2.45, 2.75) is 54.4 Å². The Morgan fingerprint density at radius 2 is 1.96 bits per heavy atom. The first-order chi connectivity index (χ1) is 12.3. The van der Waals surface area contributed by atoms with Crippen molar-refractivity contribution in [2.24, 2.45) is 4.99 Å². The molecule has 142 valence electrons. The van der Waals surface area contributed by atoms with Crippen LogP contribution in [0.4, 0.5) is 5.69 Å². The average molecular weight is 373 g/mol. The molecule has 1 N–H and O–H groups in total. The minimum absolute atomic E-state index is 0.857. The van der Waals surface area contributed by atoms with Crippen LogP contribution in [-0.4, -0.2) is 12.9 Å². The topological polar surface area (TPSA) is 33.6 Å². The van der Waals surface area contributed by atoms with Crippen molar-refractivity contribution in [3.8, 4) is 5.75 Å². The van der Waals surface area contributed by atoms with Gasteiger partial charge in [0.25, 0.3) is 0 Å². The second-order valence-corrected chi connectivity index (χ2v) is 7.82. The van der Waals surface area contributed by atoms with Crippen molar-refractivity contribution in [3.63, 3.8) is 0 Å². The van der Waals surface area contributed by atoms with Gasteiger partial charge in [0.1, 0.15) is 11.6 Å². The molecule has 0 fully saturated rings. The Morgan fingerprint density at radius 3 is 2.46 bits per heavy atom. The van der Waals surface area contributed by atoms with Crippen molar-refractivity contribution >= 4 is 23.3 Å². The Labute approximate surface area is 163 Å². The highest BCUT2D eigenvalue weighted by atomic mass is 32.2. The molecule has 0 amide bonds. The van der Waals surface area contributed by atoms with E-state index in [1.807, 2.05) is 32.0 Å². The Balaban J connectivity index is 3.16. The molecule has 0 heterocycles. The highest BCUT2D eigenvalue weighted by Crippen LogP contribution is 2.33. The smallest absolute Gasteiger partial charge is 0.119 e. The van der Waals surface area contributed by atoms with E-state index in [9.17, 15) is 0 Å². The molecule has 0 saturated heterocycles. The normalized spacial score (nSPS) is 12.0. The monoisotopic (exact) mass is 372 g/mol. The van der Waals surface area contributed by atoms with Crippen LogP contribution in [0.5, 0.6) is 5.75 Å². The standard InChI is InChI=1S/C22H32N2OS/c1-9-10-11-21(22(15(2)3)26-16(4)5)24-18(7)23-20-13-12-19(25-8)14-17(20)6/h11-14H,4,9-10H2,1-3,5-8H3,(H,23,24)/b21-11-. The van der Waals surface area contributed by atoms with Crippen LogP contribution in [0.15, 0.2) is 56.9 Å². The van der Waals surface area contributed by atoms with Crippen LogP contribution in [-0.2, 0) is 0 Å². The summed E-state index contributed by atoms with van der Waals surface area (Å²) in [6.45, 7) is 16.5. The van der Waals surface area contributed by atoms with Gasteiger partial charge in [0.2, 0.25) is 0 Å². The molecular weight excluding hydrogens is 340 g/mol. The first-order valence-electron chi connectivity index (χ1n) is 8.96. The SMILES string of the molecule is C=C(C)SC(=C(C)C)/C(=C/CCC)N=C(C)Nc1ccc(OC)cc1C. The zero-order chi connectivity index (χ0) is 19.7. The number of nitrogens with zero attached hydrogens (tertiary/aromatic N) is 1. The lowest BCUT2D eigenvalue weighted by Crippen LogP contribution is -2.09. The molecule has 1 aromatic carbocycles. The zero-order valence-corrected chi connectivity index (χ0v) is 18.0. The molecular formula is C22H32N2OS.